The van der Waals surface area contributed by atoms with Gasteiger partial charge in [0.05, 0.1) is 0 Å². The third kappa shape index (κ3) is 3.23. The zero-order chi connectivity index (χ0) is 19.5. The third-order valence-electron chi connectivity index (χ3n) is 4.92. The maximum Gasteiger partial charge on any atom is 0.230 e. The number of hydrogen-bond acceptors (Lipinski definition) is 3. The van der Waals surface area contributed by atoms with E-state index in [1.165, 1.54) is 0 Å². The minimum absolute atomic E-state index is 0.169. The molecule has 0 saturated heterocycles. The average molecular weight is 364 g/mol. The summed E-state index contributed by atoms with van der Waals surface area (Å²) in [5, 5.41) is 0. The van der Waals surface area contributed by atoms with E-state index in [0.29, 0.717) is 11.4 Å². The molecule has 2 aromatic carbocycles. The van der Waals surface area contributed by atoms with Gasteiger partial charge in [0.15, 0.2) is 0 Å². The van der Waals surface area contributed by atoms with Crippen LogP contribution in [0.1, 0.15) is 27.3 Å². The highest BCUT2D eigenvalue weighted by Crippen LogP contribution is 2.30. The van der Waals surface area contributed by atoms with E-state index in [2.05, 4.69) is 9.97 Å². The Balaban J connectivity index is 1.88. The smallest absolute Gasteiger partial charge is 0.230 e. The Morgan fingerprint density at radius 2 is 0.964 bits per heavy atom. The fraction of sp³-hybridized carbons (Fsp3) is 0.0800. The summed E-state index contributed by atoms with van der Waals surface area (Å²) in [7, 11) is 0. The molecule has 2 aromatic heterocycles. The van der Waals surface area contributed by atoms with Gasteiger partial charge in [0.1, 0.15) is 11.4 Å². The number of nitrogens with zero attached hydrogens (tertiary/aromatic N) is 2. The van der Waals surface area contributed by atoms with Crippen LogP contribution in [-0.2, 0) is 0 Å². The van der Waals surface area contributed by atoms with Crippen LogP contribution >= 0.6 is 0 Å². The molecule has 0 saturated carbocycles. The number of aromatic nitrogens is 2. The van der Waals surface area contributed by atoms with Crippen molar-refractivity contribution in [2.24, 2.45) is 0 Å². The van der Waals surface area contributed by atoms with Gasteiger partial charge in [-0.2, -0.15) is 0 Å². The first-order valence-corrected chi connectivity index (χ1v) is 9.23. The molecule has 0 fully saturated rings. The quantitative estimate of drug-likeness (QED) is 0.439. The maximum absolute atomic E-state index is 13.5. The molecule has 0 N–H and O–H groups in total. The molecule has 3 nitrogen and oxygen atoms in total. The van der Waals surface area contributed by atoms with Crippen LogP contribution in [0.5, 0.6) is 0 Å². The minimum Gasteiger partial charge on any atom is -0.285 e. The number of hydrogen-bond donors (Lipinski definition) is 0. The molecule has 2 heterocycles. The predicted octanol–water partition coefficient (Wildman–Crippen LogP) is 5.66. The summed E-state index contributed by atoms with van der Waals surface area (Å²) in [6.07, 6.45) is 3.32. The van der Waals surface area contributed by atoms with Gasteiger partial charge in [-0.05, 0) is 48.2 Å². The molecule has 0 aliphatic rings. The van der Waals surface area contributed by atoms with Crippen molar-refractivity contribution in [1.29, 1.82) is 0 Å². The number of carbonyl (C=O) groups is 1. The van der Waals surface area contributed by atoms with E-state index in [0.717, 1.165) is 33.4 Å². The summed E-state index contributed by atoms with van der Waals surface area (Å²) in [4.78, 5) is 22.4. The third-order valence-corrected chi connectivity index (χ3v) is 4.92. The van der Waals surface area contributed by atoms with Crippen molar-refractivity contribution < 1.29 is 4.79 Å². The van der Waals surface area contributed by atoms with Crippen molar-refractivity contribution in [1.82, 2.24) is 9.97 Å². The molecule has 0 aliphatic carbocycles. The van der Waals surface area contributed by atoms with Gasteiger partial charge in [0, 0.05) is 23.5 Å². The van der Waals surface area contributed by atoms with Crippen LogP contribution in [0.4, 0.5) is 0 Å². The second-order valence-electron chi connectivity index (χ2n) is 6.76. The van der Waals surface area contributed by atoms with Crippen molar-refractivity contribution in [3.8, 4) is 22.3 Å². The highest BCUT2D eigenvalue weighted by Gasteiger charge is 2.22. The minimum atomic E-state index is -0.169. The van der Waals surface area contributed by atoms with Crippen molar-refractivity contribution >= 4 is 5.78 Å². The lowest BCUT2D eigenvalue weighted by atomic mass is 9.93. The van der Waals surface area contributed by atoms with Crippen LogP contribution in [0.25, 0.3) is 22.3 Å². The molecule has 0 unspecified atom stereocenters. The number of rotatable bonds is 4. The standard InChI is InChI=1S/C25H20N2O/c1-17-9-3-5-11-19(17)21-13-7-15-26-23(21)25(28)24-22(14-8-16-27-24)20-12-6-4-10-18(20)2/h3-16H,1-2H3. The summed E-state index contributed by atoms with van der Waals surface area (Å²) >= 11 is 0. The van der Waals surface area contributed by atoms with Crippen LogP contribution < -0.4 is 0 Å². The molecule has 28 heavy (non-hydrogen) atoms. The van der Waals surface area contributed by atoms with Gasteiger partial charge in [-0.25, -0.2) is 0 Å². The second-order valence-corrected chi connectivity index (χ2v) is 6.76. The fourth-order valence-electron chi connectivity index (χ4n) is 3.47. The average Bonchev–Trinajstić information content (AvgIpc) is 2.74. The highest BCUT2D eigenvalue weighted by molar-refractivity contribution is 6.13. The monoisotopic (exact) mass is 364 g/mol. The SMILES string of the molecule is Cc1ccccc1-c1cccnc1C(=O)c1ncccc1-c1ccccc1C. The zero-order valence-corrected chi connectivity index (χ0v) is 15.9. The highest BCUT2D eigenvalue weighted by atomic mass is 16.1. The fourth-order valence-corrected chi connectivity index (χ4v) is 3.47. The first kappa shape index (κ1) is 17.8. The van der Waals surface area contributed by atoms with Gasteiger partial charge in [-0.3, -0.25) is 14.8 Å². The number of pyridine rings is 2. The zero-order valence-electron chi connectivity index (χ0n) is 15.9. The van der Waals surface area contributed by atoms with Crippen LogP contribution in [-0.4, -0.2) is 15.8 Å². The molecule has 0 spiro atoms. The number of ketones is 1. The topological polar surface area (TPSA) is 42.9 Å². The van der Waals surface area contributed by atoms with Gasteiger partial charge in [-0.1, -0.05) is 60.7 Å². The molecule has 4 rings (SSSR count). The van der Waals surface area contributed by atoms with Gasteiger partial charge in [0.25, 0.3) is 0 Å². The normalized spacial score (nSPS) is 10.6. The summed E-state index contributed by atoms with van der Waals surface area (Å²) in [6.45, 7) is 4.08. The number of aryl methyl sites for hydroxylation is 2. The van der Waals surface area contributed by atoms with E-state index in [1.807, 2.05) is 86.6 Å². The Labute approximate surface area is 164 Å². The molecule has 0 aliphatic heterocycles. The molecular formula is C25H20N2O. The molecule has 4 aromatic rings. The van der Waals surface area contributed by atoms with Crippen LogP contribution in [0.15, 0.2) is 85.2 Å². The predicted molar refractivity (Wildman–Crippen MR) is 112 cm³/mol. The van der Waals surface area contributed by atoms with Crippen molar-refractivity contribution in [2.45, 2.75) is 13.8 Å². The van der Waals surface area contributed by atoms with E-state index in [4.69, 9.17) is 0 Å². The molecular weight excluding hydrogens is 344 g/mol. The molecule has 3 heteroatoms. The Hall–Kier alpha value is -3.59. The molecule has 136 valence electrons. The van der Waals surface area contributed by atoms with Crippen molar-refractivity contribution in [3.05, 3.63) is 108 Å². The molecule has 0 amide bonds. The summed E-state index contributed by atoms with van der Waals surface area (Å²) in [5.41, 5.74) is 6.71. The Morgan fingerprint density at radius 1 is 0.571 bits per heavy atom. The van der Waals surface area contributed by atoms with Gasteiger partial charge in [-0.15, -0.1) is 0 Å². The molecule has 0 bridgehead atoms. The number of carbonyl (C=O) groups excluding carboxylic acids is 1. The van der Waals surface area contributed by atoms with Crippen molar-refractivity contribution in [3.63, 3.8) is 0 Å². The Bertz CT molecular complexity index is 1070. The van der Waals surface area contributed by atoms with Crippen LogP contribution in [0, 0.1) is 13.8 Å². The van der Waals surface area contributed by atoms with Gasteiger partial charge >= 0.3 is 0 Å². The second kappa shape index (κ2) is 7.57. The Kier molecular flexibility index (Phi) is 4.81. The first-order valence-electron chi connectivity index (χ1n) is 9.23. The summed E-state index contributed by atoms with van der Waals surface area (Å²) < 4.78 is 0. The lowest BCUT2D eigenvalue weighted by Crippen LogP contribution is -2.10. The van der Waals surface area contributed by atoms with Crippen molar-refractivity contribution in [2.75, 3.05) is 0 Å². The maximum atomic E-state index is 13.5. The summed E-state index contributed by atoms with van der Waals surface area (Å²) in [6, 6.07) is 23.7. The van der Waals surface area contributed by atoms with Crippen LogP contribution in [0.3, 0.4) is 0 Å². The van der Waals surface area contributed by atoms with E-state index >= 15 is 0 Å². The van der Waals surface area contributed by atoms with E-state index < -0.39 is 0 Å². The van der Waals surface area contributed by atoms with E-state index in [9.17, 15) is 4.79 Å². The number of benzene rings is 2. The largest absolute Gasteiger partial charge is 0.285 e. The summed E-state index contributed by atoms with van der Waals surface area (Å²) in [5.74, 6) is -0.169. The van der Waals surface area contributed by atoms with Gasteiger partial charge < -0.3 is 0 Å². The van der Waals surface area contributed by atoms with Gasteiger partial charge in [0.2, 0.25) is 5.78 Å². The molecule has 0 radical (unpaired) electrons. The lowest BCUT2D eigenvalue weighted by Gasteiger charge is -2.13. The lowest BCUT2D eigenvalue weighted by molar-refractivity contribution is 0.103. The van der Waals surface area contributed by atoms with E-state index in [1.54, 1.807) is 12.4 Å². The molecule has 0 atom stereocenters. The first-order chi connectivity index (χ1) is 13.7. The van der Waals surface area contributed by atoms with Crippen LogP contribution in [0.2, 0.25) is 0 Å². The van der Waals surface area contributed by atoms with E-state index in [-0.39, 0.29) is 5.78 Å². The Morgan fingerprint density at radius 3 is 1.39 bits per heavy atom.